The van der Waals surface area contributed by atoms with Crippen LogP contribution in [0, 0.1) is 11.8 Å². The summed E-state index contributed by atoms with van der Waals surface area (Å²) >= 11 is 0. The van der Waals surface area contributed by atoms with Crippen molar-refractivity contribution >= 4 is 0 Å². The van der Waals surface area contributed by atoms with Crippen molar-refractivity contribution in [1.82, 2.24) is 0 Å². The van der Waals surface area contributed by atoms with Crippen LogP contribution < -0.4 is 4.90 Å². The van der Waals surface area contributed by atoms with E-state index in [-0.39, 0.29) is 0 Å². The summed E-state index contributed by atoms with van der Waals surface area (Å²) in [7, 11) is 0. The molecule has 2 nitrogen and oxygen atoms in total. The van der Waals surface area contributed by atoms with E-state index in [0.717, 1.165) is 0 Å². The van der Waals surface area contributed by atoms with E-state index in [9.17, 15) is 0 Å². The van der Waals surface area contributed by atoms with Crippen LogP contribution in [-0.2, 0) is 0 Å². The first-order valence-corrected chi connectivity index (χ1v) is 5.33. The molecular formula is C12H20N2. The molecular weight excluding hydrogens is 172 g/mol. The molecule has 78 valence electrons. The number of unbranched alkanes of at least 4 members (excludes halogenated alkanes) is 1. The van der Waals surface area contributed by atoms with E-state index >= 15 is 0 Å². The molecule has 0 radical (unpaired) electrons. The summed E-state index contributed by atoms with van der Waals surface area (Å²) in [5.74, 6) is 0. The van der Waals surface area contributed by atoms with E-state index < -0.39 is 0 Å². The van der Waals surface area contributed by atoms with Gasteiger partial charge in [0.25, 0.3) is 0 Å². The average molecular weight is 192 g/mol. The van der Waals surface area contributed by atoms with Gasteiger partial charge in [0.15, 0.2) is 0 Å². The van der Waals surface area contributed by atoms with Crippen molar-refractivity contribution < 1.29 is 4.90 Å². The molecule has 2 heteroatoms. The second kappa shape index (κ2) is 8.52. The van der Waals surface area contributed by atoms with Crippen molar-refractivity contribution in [2.45, 2.75) is 39.5 Å². The Labute approximate surface area is 87.5 Å². The lowest BCUT2D eigenvalue weighted by atomic mass is 10.2. The zero-order valence-electron chi connectivity index (χ0n) is 9.21. The van der Waals surface area contributed by atoms with E-state index in [0.29, 0.717) is 0 Å². The highest BCUT2D eigenvalue weighted by Crippen LogP contribution is 2.05. The molecule has 0 saturated carbocycles. The Morgan fingerprint density at radius 1 is 1.29 bits per heavy atom. The molecule has 1 N–H and O–H groups in total. The van der Waals surface area contributed by atoms with E-state index in [2.05, 4.69) is 32.3 Å². The summed E-state index contributed by atoms with van der Waals surface area (Å²) in [4.78, 5) is 1.53. The molecule has 14 heavy (non-hydrogen) atoms. The molecule has 1 heterocycles. The molecule has 0 aromatic carbocycles. The van der Waals surface area contributed by atoms with Crippen LogP contribution >= 0.6 is 0 Å². The monoisotopic (exact) mass is 192 g/mol. The van der Waals surface area contributed by atoms with Gasteiger partial charge in [-0.1, -0.05) is 26.7 Å². The summed E-state index contributed by atoms with van der Waals surface area (Å²) in [6.45, 7) is 10.5. The van der Waals surface area contributed by atoms with Crippen molar-refractivity contribution in [2.75, 3.05) is 6.54 Å². The fourth-order valence-electron chi connectivity index (χ4n) is 1.53. The molecule has 1 unspecified atom stereocenters. The van der Waals surface area contributed by atoms with E-state index in [1.165, 1.54) is 42.7 Å². The van der Waals surface area contributed by atoms with E-state index in [4.69, 9.17) is 11.8 Å². The average Bonchev–Trinajstić information content (AvgIpc) is 2.66. The third-order valence-corrected chi connectivity index (χ3v) is 2.24. The smallest absolute Gasteiger partial charge is 0.102 e. The second-order valence-electron chi connectivity index (χ2n) is 3.48. The zero-order valence-corrected chi connectivity index (χ0v) is 9.21. The largest absolute Gasteiger partial charge is 0.512 e. The third-order valence-electron chi connectivity index (χ3n) is 2.24. The second-order valence-corrected chi connectivity index (χ2v) is 3.48. The maximum atomic E-state index is 6.25. The van der Waals surface area contributed by atoms with Crippen molar-refractivity contribution in [3.05, 3.63) is 30.6 Å². The first-order chi connectivity index (χ1) is 6.86. The SMILES string of the molecule is CCCC[NH+]1C=CC(CCC)=C1.[C-]#N. The molecule has 0 bridgehead atoms. The molecule has 0 aromatic heterocycles. The molecule has 1 atom stereocenters. The quantitative estimate of drug-likeness (QED) is 0.663. The first-order valence-electron chi connectivity index (χ1n) is 5.33. The molecule has 0 fully saturated rings. The fourth-order valence-corrected chi connectivity index (χ4v) is 1.53. The lowest BCUT2D eigenvalue weighted by Crippen LogP contribution is -3.01. The van der Waals surface area contributed by atoms with Gasteiger partial charge in [-0.3, -0.25) is 4.90 Å². The van der Waals surface area contributed by atoms with Crippen LogP contribution in [0.5, 0.6) is 0 Å². The summed E-state index contributed by atoms with van der Waals surface area (Å²) in [5, 5.41) is 6.25. The van der Waals surface area contributed by atoms with Gasteiger partial charge in [-0.2, -0.15) is 0 Å². The zero-order chi connectivity index (χ0) is 10.8. The van der Waals surface area contributed by atoms with Crippen LogP contribution in [-0.4, -0.2) is 6.54 Å². The van der Waals surface area contributed by atoms with E-state index in [1.807, 2.05) is 0 Å². The molecule has 0 spiro atoms. The minimum Gasteiger partial charge on any atom is -0.512 e. The van der Waals surface area contributed by atoms with Crippen molar-refractivity contribution in [3.63, 3.8) is 0 Å². The Hall–Kier alpha value is -1.07. The lowest BCUT2D eigenvalue weighted by Gasteiger charge is -2.04. The maximum Gasteiger partial charge on any atom is 0.102 e. The molecule has 1 aliphatic rings. The van der Waals surface area contributed by atoms with Crippen molar-refractivity contribution in [2.24, 2.45) is 0 Å². The van der Waals surface area contributed by atoms with E-state index in [1.54, 1.807) is 0 Å². The van der Waals surface area contributed by atoms with Crippen LogP contribution in [0.4, 0.5) is 0 Å². The maximum absolute atomic E-state index is 6.25. The highest BCUT2D eigenvalue weighted by Gasteiger charge is 2.08. The Morgan fingerprint density at radius 2 is 2.00 bits per heavy atom. The van der Waals surface area contributed by atoms with Gasteiger partial charge in [-0.05, 0) is 12.8 Å². The molecule has 0 aliphatic carbocycles. The number of nitrogens with one attached hydrogen (secondary N) is 1. The predicted molar refractivity (Wildman–Crippen MR) is 57.8 cm³/mol. The minimum absolute atomic E-state index is 1.24. The van der Waals surface area contributed by atoms with Crippen LogP contribution in [0.25, 0.3) is 0 Å². The Kier molecular flexibility index (Phi) is 7.87. The summed E-state index contributed by atoms with van der Waals surface area (Å²) in [6, 6.07) is 0. The summed E-state index contributed by atoms with van der Waals surface area (Å²) in [5.41, 5.74) is 1.52. The van der Waals surface area contributed by atoms with Gasteiger partial charge in [-0.15, -0.1) is 0 Å². The van der Waals surface area contributed by atoms with Crippen LogP contribution in [0.1, 0.15) is 39.5 Å². The molecule has 0 saturated heterocycles. The highest BCUT2D eigenvalue weighted by atomic mass is 15.1. The number of hydrogen-bond donors (Lipinski definition) is 1. The normalized spacial score (nSPS) is 18.6. The Balaban J connectivity index is 0.000000791. The van der Waals surface area contributed by atoms with Gasteiger partial charge >= 0.3 is 0 Å². The number of hydrogen-bond acceptors (Lipinski definition) is 1. The van der Waals surface area contributed by atoms with Gasteiger partial charge in [-0.25, -0.2) is 0 Å². The predicted octanol–water partition coefficient (Wildman–Crippen LogP) is 1.98. The standard InChI is InChI=1S/C11H19N.CN/c1-3-5-8-12-9-7-11(10-12)6-4-2;1-2/h7,9-10H,3-6,8H2,1-2H3;/q;-1/p+1. The van der Waals surface area contributed by atoms with Gasteiger partial charge < -0.3 is 11.8 Å². The topological polar surface area (TPSA) is 28.2 Å². The lowest BCUT2D eigenvalue weighted by molar-refractivity contribution is -0.788. The Bertz CT molecular complexity index is 214. The first kappa shape index (κ1) is 12.9. The third kappa shape index (κ3) is 4.84. The van der Waals surface area contributed by atoms with Crippen molar-refractivity contribution in [3.8, 4) is 0 Å². The van der Waals surface area contributed by atoms with Gasteiger partial charge in [0.1, 0.15) is 6.20 Å². The van der Waals surface area contributed by atoms with Gasteiger partial charge in [0, 0.05) is 11.6 Å². The van der Waals surface area contributed by atoms with Crippen LogP contribution in [0.2, 0.25) is 0 Å². The summed E-state index contributed by atoms with van der Waals surface area (Å²) < 4.78 is 0. The molecule has 1 rings (SSSR count). The van der Waals surface area contributed by atoms with Crippen molar-refractivity contribution in [1.29, 1.82) is 5.26 Å². The van der Waals surface area contributed by atoms with Gasteiger partial charge in [0.2, 0.25) is 0 Å². The van der Waals surface area contributed by atoms with Crippen LogP contribution in [0.3, 0.4) is 0 Å². The Morgan fingerprint density at radius 3 is 2.57 bits per heavy atom. The number of allylic oxidation sites excluding steroid dienone is 2. The van der Waals surface area contributed by atoms with Crippen LogP contribution in [0.15, 0.2) is 24.0 Å². The number of nitrogens with zero attached hydrogens (tertiary/aromatic N) is 1. The summed E-state index contributed by atoms with van der Waals surface area (Å²) in [6.07, 6.45) is 12.0. The highest BCUT2D eigenvalue weighted by molar-refractivity contribution is 5.17. The van der Waals surface area contributed by atoms with Gasteiger partial charge in [0.05, 0.1) is 12.7 Å². The fraction of sp³-hybridized carbons (Fsp3) is 0.583. The molecule has 0 aromatic rings. The minimum atomic E-state index is 1.24. The number of rotatable bonds is 5. The number of quaternary nitrogens is 1. The molecule has 0 amide bonds. The molecule has 1 aliphatic heterocycles.